The molecule has 1 atom stereocenters. The van der Waals surface area contributed by atoms with E-state index in [9.17, 15) is 5.11 Å². The van der Waals surface area contributed by atoms with Gasteiger partial charge in [0.15, 0.2) is 0 Å². The highest BCUT2D eigenvalue weighted by Crippen LogP contribution is 2.13. The fraction of sp³-hybridized carbons (Fsp3) is 0.692. The van der Waals surface area contributed by atoms with E-state index in [0.29, 0.717) is 18.9 Å². The Kier molecular flexibility index (Phi) is 5.50. The lowest BCUT2D eigenvalue weighted by Crippen LogP contribution is -2.43. The van der Waals surface area contributed by atoms with Crippen LogP contribution in [-0.4, -0.2) is 59.3 Å². The van der Waals surface area contributed by atoms with Crippen molar-refractivity contribution in [1.29, 1.82) is 0 Å². The van der Waals surface area contributed by atoms with Crippen molar-refractivity contribution in [1.82, 2.24) is 14.9 Å². The second-order valence-electron chi connectivity index (χ2n) is 5.30. The van der Waals surface area contributed by atoms with Crippen LogP contribution in [0.25, 0.3) is 0 Å². The Morgan fingerprint density at radius 2 is 1.84 bits per heavy atom. The van der Waals surface area contributed by atoms with Crippen LogP contribution in [0, 0.1) is 6.92 Å². The Hall–Kier alpha value is -1.40. The van der Waals surface area contributed by atoms with Gasteiger partial charge in [-0.3, -0.25) is 0 Å². The van der Waals surface area contributed by atoms with E-state index in [0.717, 1.165) is 18.2 Å². The van der Waals surface area contributed by atoms with Crippen molar-refractivity contribution >= 4 is 11.6 Å². The number of hydrogen-bond acceptors (Lipinski definition) is 6. The number of aliphatic hydroxyl groups is 1. The summed E-state index contributed by atoms with van der Waals surface area (Å²) in [4.78, 5) is 10.6. The number of hydrogen-bond donors (Lipinski definition) is 3. The number of aromatic nitrogens is 2. The third kappa shape index (κ3) is 5.85. The largest absolute Gasteiger partial charge is 0.387 e. The number of nitrogens with zero attached hydrogens (tertiary/aromatic N) is 3. The maximum Gasteiger partial charge on any atom is 0.131 e. The molecular formula is C13H25N5O. The van der Waals surface area contributed by atoms with Crippen LogP contribution in [0.1, 0.15) is 19.7 Å². The summed E-state index contributed by atoms with van der Waals surface area (Å²) < 4.78 is 0. The Balaban J connectivity index is 2.66. The molecule has 0 aromatic carbocycles. The molecule has 1 rings (SSSR count). The molecule has 1 heterocycles. The molecule has 0 aliphatic heterocycles. The molecule has 0 spiro atoms. The summed E-state index contributed by atoms with van der Waals surface area (Å²) in [5.41, 5.74) is -0.805. The predicted octanol–water partition coefficient (Wildman–Crippen LogP) is 0.941. The van der Waals surface area contributed by atoms with Crippen molar-refractivity contribution in [3.05, 3.63) is 11.9 Å². The Morgan fingerprint density at radius 1 is 1.26 bits per heavy atom. The third-order valence-corrected chi connectivity index (χ3v) is 2.50. The zero-order valence-corrected chi connectivity index (χ0v) is 12.5. The van der Waals surface area contributed by atoms with Gasteiger partial charge in [-0.15, -0.1) is 0 Å². The van der Waals surface area contributed by atoms with Crippen LogP contribution in [0.4, 0.5) is 11.6 Å². The van der Waals surface area contributed by atoms with Gasteiger partial charge in [0, 0.05) is 25.7 Å². The zero-order valence-electron chi connectivity index (χ0n) is 12.5. The van der Waals surface area contributed by atoms with Crippen molar-refractivity contribution in [2.24, 2.45) is 0 Å². The summed E-state index contributed by atoms with van der Waals surface area (Å²) in [6, 6.07) is 1.85. The van der Waals surface area contributed by atoms with Gasteiger partial charge in [-0.1, -0.05) is 0 Å². The van der Waals surface area contributed by atoms with E-state index >= 15 is 0 Å². The van der Waals surface area contributed by atoms with Crippen molar-refractivity contribution in [3.63, 3.8) is 0 Å². The van der Waals surface area contributed by atoms with Gasteiger partial charge >= 0.3 is 0 Å². The fourth-order valence-corrected chi connectivity index (χ4v) is 1.95. The Labute approximate surface area is 115 Å². The molecule has 3 N–H and O–H groups in total. The van der Waals surface area contributed by atoms with Crippen molar-refractivity contribution in [2.45, 2.75) is 26.4 Å². The van der Waals surface area contributed by atoms with Crippen LogP contribution in [-0.2, 0) is 0 Å². The third-order valence-electron chi connectivity index (χ3n) is 2.50. The minimum absolute atomic E-state index is 0.438. The lowest BCUT2D eigenvalue weighted by atomic mass is 10.1. The molecule has 0 radical (unpaired) electrons. The molecule has 108 valence electrons. The molecule has 0 fully saturated rings. The van der Waals surface area contributed by atoms with Crippen LogP contribution >= 0.6 is 0 Å². The topological polar surface area (TPSA) is 73.3 Å². The van der Waals surface area contributed by atoms with Gasteiger partial charge in [-0.05, 0) is 34.9 Å². The summed E-state index contributed by atoms with van der Waals surface area (Å²) in [6.07, 6.45) is 0. The first kappa shape index (κ1) is 15.7. The maximum atomic E-state index is 10.2. The standard InChI is InChI=1S/C13H25N5O/c1-6-14-11-7-12(17-10(2)16-11)15-8-13(3,19)9-18(4)5/h7,19H,6,8-9H2,1-5H3,(H2,14,15,16,17). The van der Waals surface area contributed by atoms with Crippen LogP contribution in [0.2, 0.25) is 0 Å². The summed E-state index contributed by atoms with van der Waals surface area (Å²) >= 11 is 0. The molecule has 1 aromatic rings. The molecule has 1 unspecified atom stereocenters. The van der Waals surface area contributed by atoms with Crippen LogP contribution < -0.4 is 10.6 Å². The number of nitrogens with one attached hydrogen (secondary N) is 2. The van der Waals surface area contributed by atoms with E-state index in [4.69, 9.17) is 0 Å². The molecule has 0 bridgehead atoms. The molecule has 1 aromatic heterocycles. The molecule has 6 nitrogen and oxygen atoms in total. The van der Waals surface area contributed by atoms with Crippen molar-refractivity contribution in [3.8, 4) is 0 Å². The molecular weight excluding hydrogens is 242 g/mol. The summed E-state index contributed by atoms with van der Waals surface area (Å²) in [5, 5.41) is 16.5. The monoisotopic (exact) mass is 267 g/mol. The van der Waals surface area contributed by atoms with Crippen molar-refractivity contribution in [2.75, 3.05) is 44.4 Å². The van der Waals surface area contributed by atoms with Gasteiger partial charge in [0.05, 0.1) is 5.60 Å². The second-order valence-corrected chi connectivity index (χ2v) is 5.30. The van der Waals surface area contributed by atoms with Crippen LogP contribution in [0.15, 0.2) is 6.07 Å². The lowest BCUT2D eigenvalue weighted by Gasteiger charge is -2.27. The fourth-order valence-electron chi connectivity index (χ4n) is 1.95. The van der Waals surface area contributed by atoms with Gasteiger partial charge in [-0.2, -0.15) is 0 Å². The maximum absolute atomic E-state index is 10.2. The van der Waals surface area contributed by atoms with E-state index in [1.807, 2.05) is 38.9 Å². The second kappa shape index (κ2) is 6.68. The quantitative estimate of drug-likeness (QED) is 0.683. The predicted molar refractivity (Wildman–Crippen MR) is 78.6 cm³/mol. The van der Waals surface area contributed by atoms with E-state index in [2.05, 4.69) is 20.6 Å². The molecule has 0 saturated heterocycles. The SMILES string of the molecule is CCNc1cc(NCC(C)(O)CN(C)C)nc(C)n1. The molecule has 0 saturated carbocycles. The Bertz CT molecular complexity index is 406. The summed E-state index contributed by atoms with van der Waals surface area (Å²) in [7, 11) is 3.87. The van der Waals surface area contributed by atoms with E-state index in [1.54, 1.807) is 6.92 Å². The van der Waals surface area contributed by atoms with E-state index in [-0.39, 0.29) is 0 Å². The van der Waals surface area contributed by atoms with Gasteiger partial charge in [0.2, 0.25) is 0 Å². The highest BCUT2D eigenvalue weighted by molar-refractivity contribution is 5.47. The zero-order chi connectivity index (χ0) is 14.5. The smallest absolute Gasteiger partial charge is 0.131 e. The molecule has 6 heteroatoms. The van der Waals surface area contributed by atoms with E-state index < -0.39 is 5.60 Å². The van der Waals surface area contributed by atoms with Crippen LogP contribution in [0.3, 0.4) is 0 Å². The number of rotatable bonds is 7. The number of anilines is 2. The first-order chi connectivity index (χ1) is 8.82. The molecule has 0 aliphatic rings. The minimum Gasteiger partial charge on any atom is -0.387 e. The van der Waals surface area contributed by atoms with Gasteiger partial charge in [0.25, 0.3) is 0 Å². The first-order valence-corrected chi connectivity index (χ1v) is 6.53. The Morgan fingerprint density at radius 3 is 2.37 bits per heavy atom. The normalized spacial score (nSPS) is 14.3. The highest BCUT2D eigenvalue weighted by atomic mass is 16.3. The number of aryl methyl sites for hydroxylation is 1. The summed E-state index contributed by atoms with van der Waals surface area (Å²) in [6.45, 7) is 7.52. The highest BCUT2D eigenvalue weighted by Gasteiger charge is 2.21. The van der Waals surface area contributed by atoms with Gasteiger partial charge < -0.3 is 20.6 Å². The average molecular weight is 267 g/mol. The molecule has 19 heavy (non-hydrogen) atoms. The minimum atomic E-state index is -0.805. The first-order valence-electron chi connectivity index (χ1n) is 6.53. The van der Waals surface area contributed by atoms with Gasteiger partial charge in [0.1, 0.15) is 17.5 Å². The van der Waals surface area contributed by atoms with Crippen molar-refractivity contribution < 1.29 is 5.11 Å². The number of likely N-dealkylation sites (N-methyl/N-ethyl adjacent to an activating group) is 1. The summed E-state index contributed by atoms with van der Waals surface area (Å²) in [5.74, 6) is 2.22. The molecule has 0 amide bonds. The van der Waals surface area contributed by atoms with Crippen LogP contribution in [0.5, 0.6) is 0 Å². The molecule has 0 aliphatic carbocycles. The van der Waals surface area contributed by atoms with Gasteiger partial charge in [-0.25, -0.2) is 9.97 Å². The lowest BCUT2D eigenvalue weighted by molar-refractivity contribution is 0.0459. The van der Waals surface area contributed by atoms with E-state index in [1.165, 1.54) is 0 Å². The average Bonchev–Trinajstić information content (AvgIpc) is 2.24.